The van der Waals surface area contributed by atoms with Crippen molar-refractivity contribution >= 4 is 27.3 Å². The number of nitro groups is 1. The number of nitrogens with zero attached hydrogens (tertiary/aromatic N) is 2. The number of non-ortho nitro benzene ring substituents is 1. The number of sulfonamides is 1. The summed E-state index contributed by atoms with van der Waals surface area (Å²) < 4.78 is 31.5. The Labute approximate surface area is 195 Å². The zero-order valence-corrected chi connectivity index (χ0v) is 20.6. The maximum absolute atomic E-state index is 12.7. The van der Waals surface area contributed by atoms with Gasteiger partial charge in [-0.3, -0.25) is 19.2 Å². The lowest BCUT2D eigenvalue weighted by Gasteiger charge is -2.29. The fraction of sp³-hybridized carbons (Fsp3) is 0.435. The van der Waals surface area contributed by atoms with Gasteiger partial charge in [0, 0.05) is 12.1 Å². The summed E-state index contributed by atoms with van der Waals surface area (Å²) in [5.41, 5.74) is 1.53. The van der Waals surface area contributed by atoms with Crippen LogP contribution in [-0.4, -0.2) is 44.7 Å². The molecule has 9 nitrogen and oxygen atoms in total. The Morgan fingerprint density at radius 3 is 2.30 bits per heavy atom. The van der Waals surface area contributed by atoms with Crippen LogP contribution in [0.4, 0.5) is 11.4 Å². The van der Waals surface area contributed by atoms with Crippen LogP contribution in [0.15, 0.2) is 42.5 Å². The summed E-state index contributed by atoms with van der Waals surface area (Å²) in [4.78, 5) is 23.2. The average molecular weight is 478 g/mol. The first-order chi connectivity index (χ1) is 15.2. The second-order valence-corrected chi connectivity index (χ2v) is 10.7. The predicted octanol–water partition coefficient (Wildman–Crippen LogP) is 3.55. The number of hydrogen-bond donors (Lipinski definition) is 1. The summed E-state index contributed by atoms with van der Waals surface area (Å²) in [6.45, 7) is 9.77. The minimum Gasteiger partial charge on any atom is -0.492 e. The number of rotatable bonds is 9. The van der Waals surface area contributed by atoms with Gasteiger partial charge in [-0.25, -0.2) is 8.42 Å². The van der Waals surface area contributed by atoms with Crippen LogP contribution in [0.1, 0.15) is 38.8 Å². The Hall–Kier alpha value is -3.14. The zero-order chi connectivity index (χ0) is 25.0. The largest absolute Gasteiger partial charge is 0.492 e. The molecule has 0 saturated carbocycles. The van der Waals surface area contributed by atoms with E-state index in [1.807, 2.05) is 24.3 Å². The van der Waals surface area contributed by atoms with E-state index in [2.05, 4.69) is 26.1 Å². The molecule has 0 aliphatic heterocycles. The van der Waals surface area contributed by atoms with Gasteiger partial charge in [0.25, 0.3) is 5.69 Å². The van der Waals surface area contributed by atoms with Crippen molar-refractivity contribution in [2.75, 3.05) is 23.7 Å². The lowest BCUT2D eigenvalue weighted by molar-refractivity contribution is -0.384. The van der Waals surface area contributed by atoms with Crippen molar-refractivity contribution < 1.29 is 22.9 Å². The Balaban J connectivity index is 2.05. The fourth-order valence-electron chi connectivity index (χ4n) is 3.27. The van der Waals surface area contributed by atoms with Crippen LogP contribution in [0.5, 0.6) is 5.75 Å². The van der Waals surface area contributed by atoms with Crippen LogP contribution < -0.4 is 14.4 Å². The monoisotopic (exact) mass is 477 g/mol. The number of anilines is 1. The second-order valence-electron chi connectivity index (χ2n) is 8.88. The minimum atomic E-state index is -3.90. The summed E-state index contributed by atoms with van der Waals surface area (Å²) in [5, 5.41) is 13.8. The van der Waals surface area contributed by atoms with E-state index in [1.165, 1.54) is 24.6 Å². The number of nitro benzene ring substituents is 1. The topological polar surface area (TPSA) is 119 Å². The molecule has 180 valence electrons. The molecular weight excluding hydrogens is 446 g/mol. The standard InChI is InChI=1S/C23H31N3O6S/c1-16-7-10-19(26(28)29)15-21(16)25(33(6,30)31)17(2)22(27)24-13-14-32-20-11-8-18(9-12-20)23(3,4)5/h7-12,15,17H,13-14H2,1-6H3,(H,24,27)/t17-/m0/s1. The number of aryl methyl sites for hydroxylation is 1. The van der Waals surface area contributed by atoms with Gasteiger partial charge in [-0.1, -0.05) is 39.0 Å². The van der Waals surface area contributed by atoms with Gasteiger partial charge in [0.15, 0.2) is 0 Å². The van der Waals surface area contributed by atoms with Crippen LogP contribution >= 0.6 is 0 Å². The highest BCUT2D eigenvalue weighted by molar-refractivity contribution is 7.92. The number of carbonyl (C=O) groups is 1. The molecule has 0 aromatic heterocycles. The van der Waals surface area contributed by atoms with Crippen molar-refractivity contribution in [3.63, 3.8) is 0 Å². The van der Waals surface area contributed by atoms with Gasteiger partial charge < -0.3 is 10.1 Å². The Bertz CT molecular complexity index is 1110. The van der Waals surface area contributed by atoms with Crippen molar-refractivity contribution in [2.24, 2.45) is 0 Å². The molecule has 33 heavy (non-hydrogen) atoms. The van der Waals surface area contributed by atoms with Gasteiger partial charge in [-0.2, -0.15) is 0 Å². The average Bonchev–Trinajstić information content (AvgIpc) is 2.71. The molecule has 0 heterocycles. The third-order valence-electron chi connectivity index (χ3n) is 5.12. The van der Waals surface area contributed by atoms with Gasteiger partial charge in [0.2, 0.25) is 15.9 Å². The van der Waals surface area contributed by atoms with E-state index in [0.29, 0.717) is 11.3 Å². The van der Waals surface area contributed by atoms with Crippen LogP contribution in [0.25, 0.3) is 0 Å². The first kappa shape index (κ1) is 26.1. The van der Waals surface area contributed by atoms with Gasteiger partial charge in [0.1, 0.15) is 18.4 Å². The van der Waals surface area contributed by atoms with Crippen LogP contribution in [-0.2, 0) is 20.2 Å². The molecule has 2 aromatic rings. The second kappa shape index (κ2) is 10.2. The van der Waals surface area contributed by atoms with E-state index in [1.54, 1.807) is 6.92 Å². The highest BCUT2D eigenvalue weighted by Crippen LogP contribution is 2.29. The summed E-state index contributed by atoms with van der Waals surface area (Å²) in [6.07, 6.45) is 0.958. The van der Waals surface area contributed by atoms with Crippen LogP contribution in [0.3, 0.4) is 0 Å². The molecule has 10 heteroatoms. The molecule has 0 fully saturated rings. The third-order valence-corrected chi connectivity index (χ3v) is 6.35. The lowest BCUT2D eigenvalue weighted by atomic mass is 9.87. The number of nitrogens with one attached hydrogen (secondary N) is 1. The maximum Gasteiger partial charge on any atom is 0.271 e. The quantitative estimate of drug-likeness (QED) is 0.335. The predicted molar refractivity (Wildman–Crippen MR) is 128 cm³/mol. The normalized spacial score (nSPS) is 12.7. The minimum absolute atomic E-state index is 0.0334. The maximum atomic E-state index is 12.7. The number of ether oxygens (including phenoxy) is 1. The number of carbonyl (C=O) groups excluding carboxylic acids is 1. The fourth-order valence-corrected chi connectivity index (χ4v) is 4.50. The molecule has 1 amide bonds. The molecule has 2 rings (SSSR count). The van der Waals surface area contributed by atoms with Gasteiger partial charge in [-0.05, 0) is 42.5 Å². The number of amides is 1. The molecule has 0 saturated heterocycles. The van der Waals surface area contributed by atoms with E-state index < -0.39 is 26.9 Å². The molecule has 1 atom stereocenters. The van der Waals surface area contributed by atoms with Crippen molar-refractivity contribution in [1.29, 1.82) is 0 Å². The number of benzene rings is 2. The highest BCUT2D eigenvalue weighted by Gasteiger charge is 2.31. The molecule has 0 unspecified atom stereocenters. The van der Waals surface area contributed by atoms with Crippen molar-refractivity contribution in [2.45, 2.75) is 46.1 Å². The Morgan fingerprint density at radius 1 is 1.18 bits per heavy atom. The van der Waals surface area contributed by atoms with Crippen molar-refractivity contribution in [1.82, 2.24) is 5.32 Å². The van der Waals surface area contributed by atoms with Crippen molar-refractivity contribution in [3.8, 4) is 5.75 Å². The molecule has 1 N–H and O–H groups in total. The Morgan fingerprint density at radius 2 is 1.79 bits per heavy atom. The smallest absolute Gasteiger partial charge is 0.271 e. The molecule has 0 radical (unpaired) electrons. The molecule has 0 aliphatic carbocycles. The first-order valence-corrected chi connectivity index (χ1v) is 12.3. The molecule has 0 aliphatic rings. The SMILES string of the molecule is Cc1ccc([N+](=O)[O-])cc1N([C@@H](C)C(=O)NCCOc1ccc(C(C)(C)C)cc1)S(C)(=O)=O. The summed E-state index contributed by atoms with van der Waals surface area (Å²) >= 11 is 0. The Kier molecular flexibility index (Phi) is 8.07. The van der Waals surface area contributed by atoms with E-state index >= 15 is 0 Å². The van der Waals surface area contributed by atoms with Gasteiger partial charge in [0.05, 0.1) is 23.4 Å². The van der Waals surface area contributed by atoms with Gasteiger partial charge >= 0.3 is 0 Å². The van der Waals surface area contributed by atoms with Crippen molar-refractivity contribution in [3.05, 3.63) is 63.7 Å². The van der Waals surface area contributed by atoms with E-state index in [0.717, 1.165) is 16.6 Å². The number of hydrogen-bond acceptors (Lipinski definition) is 6. The zero-order valence-electron chi connectivity index (χ0n) is 19.8. The molecule has 0 spiro atoms. The highest BCUT2D eigenvalue weighted by atomic mass is 32.2. The lowest BCUT2D eigenvalue weighted by Crippen LogP contribution is -2.48. The third kappa shape index (κ3) is 6.92. The summed E-state index contributed by atoms with van der Waals surface area (Å²) in [5.74, 6) is 0.119. The molecule has 0 bridgehead atoms. The van der Waals surface area contributed by atoms with E-state index in [-0.39, 0.29) is 29.9 Å². The van der Waals surface area contributed by atoms with E-state index in [9.17, 15) is 23.3 Å². The van der Waals surface area contributed by atoms with Gasteiger partial charge in [-0.15, -0.1) is 0 Å². The summed E-state index contributed by atoms with van der Waals surface area (Å²) in [7, 11) is -3.90. The van der Waals surface area contributed by atoms with Crippen LogP contribution in [0.2, 0.25) is 0 Å². The summed E-state index contributed by atoms with van der Waals surface area (Å²) in [6, 6.07) is 10.5. The van der Waals surface area contributed by atoms with Crippen LogP contribution in [0, 0.1) is 17.0 Å². The molecular formula is C23H31N3O6S. The molecule has 2 aromatic carbocycles. The first-order valence-electron chi connectivity index (χ1n) is 10.5. The van der Waals surface area contributed by atoms with E-state index in [4.69, 9.17) is 4.74 Å².